The third-order valence-corrected chi connectivity index (χ3v) is 2.44. The van der Waals surface area contributed by atoms with Gasteiger partial charge in [-0.15, -0.1) is 0 Å². The summed E-state index contributed by atoms with van der Waals surface area (Å²) in [6.45, 7) is 2.68. The minimum Gasteiger partial charge on any atom is -0.396 e. The van der Waals surface area contributed by atoms with Gasteiger partial charge in [0.05, 0.1) is 0 Å². The van der Waals surface area contributed by atoms with Crippen LogP contribution in [0.1, 0.15) is 38.5 Å². The molecule has 0 aromatic carbocycles. The number of hydrogen-bond acceptors (Lipinski definition) is 2. The van der Waals surface area contributed by atoms with Crippen LogP contribution in [0.4, 0.5) is 0 Å². The van der Waals surface area contributed by atoms with Crippen LogP contribution in [0, 0.1) is 5.92 Å². The molecule has 0 unspecified atom stereocenters. The van der Waals surface area contributed by atoms with Gasteiger partial charge in [-0.25, -0.2) is 0 Å². The topological polar surface area (TPSA) is 32.3 Å². The highest BCUT2D eigenvalue weighted by Gasteiger charge is 2.19. The van der Waals surface area contributed by atoms with Crippen molar-refractivity contribution in [2.75, 3.05) is 19.7 Å². The van der Waals surface area contributed by atoms with E-state index in [-0.39, 0.29) is 0 Å². The fraction of sp³-hybridized carbons (Fsp3) is 1.00. The fourth-order valence-electron chi connectivity index (χ4n) is 1.38. The fourth-order valence-corrected chi connectivity index (χ4v) is 1.38. The zero-order valence-electron chi connectivity index (χ0n) is 7.89. The van der Waals surface area contributed by atoms with Gasteiger partial charge < -0.3 is 10.4 Å². The highest BCUT2D eigenvalue weighted by atomic mass is 16.2. The molecule has 0 spiro atoms. The highest BCUT2D eigenvalue weighted by molar-refractivity contribution is 4.73. The quantitative estimate of drug-likeness (QED) is 0.543. The first-order valence-electron chi connectivity index (χ1n) is 5.25. The van der Waals surface area contributed by atoms with E-state index in [1.807, 2.05) is 0 Å². The van der Waals surface area contributed by atoms with E-state index in [9.17, 15) is 0 Å². The van der Waals surface area contributed by atoms with Gasteiger partial charge in [-0.1, -0.05) is 12.8 Å². The normalized spacial score (nSPS) is 16.8. The lowest BCUT2D eigenvalue weighted by molar-refractivity contribution is 0.283. The Balaban J connectivity index is 1.65. The number of unbranched alkanes of at least 4 members (excludes halogenated alkanes) is 2. The predicted octanol–water partition coefficient (Wildman–Crippen LogP) is 1.54. The average molecular weight is 171 g/mol. The predicted molar refractivity (Wildman–Crippen MR) is 51.1 cm³/mol. The summed E-state index contributed by atoms with van der Waals surface area (Å²) >= 11 is 0. The largest absolute Gasteiger partial charge is 0.396 e. The summed E-state index contributed by atoms with van der Waals surface area (Å²) in [5.74, 6) is 1.05. The number of nitrogens with one attached hydrogen (secondary N) is 1. The van der Waals surface area contributed by atoms with Gasteiger partial charge in [0.2, 0.25) is 0 Å². The first kappa shape index (κ1) is 10.0. The molecule has 0 bridgehead atoms. The van der Waals surface area contributed by atoms with Crippen LogP contribution in [0.15, 0.2) is 0 Å². The molecular formula is C10H21NO. The molecule has 1 saturated carbocycles. The molecule has 0 heterocycles. The molecule has 0 radical (unpaired) electrons. The summed E-state index contributed by atoms with van der Waals surface area (Å²) in [6, 6.07) is 0. The molecule has 1 aliphatic rings. The number of aliphatic hydroxyl groups excluding tert-OH is 1. The second-order valence-corrected chi connectivity index (χ2v) is 3.77. The summed E-state index contributed by atoms with van der Waals surface area (Å²) in [7, 11) is 0. The minimum absolute atomic E-state index is 0.349. The number of hydrogen-bond donors (Lipinski definition) is 2. The first-order valence-corrected chi connectivity index (χ1v) is 5.25. The van der Waals surface area contributed by atoms with Gasteiger partial charge in [-0.3, -0.25) is 0 Å². The molecule has 0 atom stereocenters. The molecule has 1 fully saturated rings. The van der Waals surface area contributed by atoms with E-state index >= 15 is 0 Å². The second-order valence-electron chi connectivity index (χ2n) is 3.77. The Hall–Kier alpha value is -0.0800. The van der Waals surface area contributed by atoms with Crippen molar-refractivity contribution in [3.63, 3.8) is 0 Å². The Morgan fingerprint density at radius 3 is 2.58 bits per heavy atom. The van der Waals surface area contributed by atoms with Gasteiger partial charge in [-0.05, 0) is 44.7 Å². The summed E-state index contributed by atoms with van der Waals surface area (Å²) in [6.07, 6.45) is 7.64. The molecule has 2 N–H and O–H groups in total. The van der Waals surface area contributed by atoms with Crippen molar-refractivity contribution < 1.29 is 5.11 Å². The second kappa shape index (κ2) is 6.44. The Morgan fingerprint density at radius 2 is 1.92 bits per heavy atom. The molecule has 72 valence electrons. The van der Waals surface area contributed by atoms with Gasteiger partial charge in [-0.2, -0.15) is 0 Å². The molecule has 12 heavy (non-hydrogen) atoms. The highest BCUT2D eigenvalue weighted by Crippen LogP contribution is 2.31. The van der Waals surface area contributed by atoms with E-state index in [0.717, 1.165) is 25.3 Å². The number of rotatable bonds is 8. The van der Waals surface area contributed by atoms with E-state index in [1.54, 1.807) is 0 Å². The van der Waals surface area contributed by atoms with Crippen LogP contribution in [0.25, 0.3) is 0 Å². The SMILES string of the molecule is OCCCCCNCCC1CC1. The van der Waals surface area contributed by atoms with Crippen molar-refractivity contribution in [3.8, 4) is 0 Å². The Morgan fingerprint density at radius 1 is 1.08 bits per heavy atom. The van der Waals surface area contributed by atoms with E-state index in [1.165, 1.54) is 32.2 Å². The van der Waals surface area contributed by atoms with Crippen LogP contribution in [0.3, 0.4) is 0 Å². The third-order valence-electron chi connectivity index (χ3n) is 2.44. The third kappa shape index (κ3) is 5.56. The Bertz CT molecular complexity index is 102. The molecule has 2 nitrogen and oxygen atoms in total. The van der Waals surface area contributed by atoms with Crippen molar-refractivity contribution in [3.05, 3.63) is 0 Å². The molecule has 2 heteroatoms. The van der Waals surface area contributed by atoms with Gasteiger partial charge in [0.15, 0.2) is 0 Å². The van der Waals surface area contributed by atoms with E-state index < -0.39 is 0 Å². The van der Waals surface area contributed by atoms with Gasteiger partial charge in [0.25, 0.3) is 0 Å². The van der Waals surface area contributed by atoms with Gasteiger partial charge in [0, 0.05) is 6.61 Å². The Labute approximate surface area is 75.4 Å². The summed E-state index contributed by atoms with van der Waals surface area (Å²) in [4.78, 5) is 0. The first-order chi connectivity index (χ1) is 5.93. The maximum absolute atomic E-state index is 8.53. The molecule has 1 rings (SSSR count). The zero-order valence-corrected chi connectivity index (χ0v) is 7.89. The van der Waals surface area contributed by atoms with Crippen LogP contribution < -0.4 is 5.32 Å². The molecular weight excluding hydrogens is 150 g/mol. The maximum atomic E-state index is 8.53. The summed E-state index contributed by atoms with van der Waals surface area (Å²) in [5, 5.41) is 12.0. The van der Waals surface area contributed by atoms with Crippen molar-refractivity contribution in [1.82, 2.24) is 5.32 Å². The average Bonchev–Trinajstić information content (AvgIpc) is 2.87. The van der Waals surface area contributed by atoms with Crippen molar-refractivity contribution in [2.45, 2.75) is 38.5 Å². The number of aliphatic hydroxyl groups is 1. The molecule has 0 aromatic heterocycles. The maximum Gasteiger partial charge on any atom is 0.0431 e. The van der Waals surface area contributed by atoms with Crippen molar-refractivity contribution in [2.24, 2.45) is 5.92 Å². The lowest BCUT2D eigenvalue weighted by Gasteiger charge is -2.02. The summed E-state index contributed by atoms with van der Waals surface area (Å²) in [5.41, 5.74) is 0. The van der Waals surface area contributed by atoms with Crippen molar-refractivity contribution in [1.29, 1.82) is 0 Å². The van der Waals surface area contributed by atoms with Crippen LogP contribution in [-0.4, -0.2) is 24.8 Å². The molecule has 0 amide bonds. The van der Waals surface area contributed by atoms with Crippen LogP contribution in [-0.2, 0) is 0 Å². The van der Waals surface area contributed by atoms with Crippen molar-refractivity contribution >= 4 is 0 Å². The molecule has 0 saturated heterocycles. The lowest BCUT2D eigenvalue weighted by Crippen LogP contribution is -2.17. The smallest absolute Gasteiger partial charge is 0.0431 e. The minimum atomic E-state index is 0.349. The molecule has 0 aliphatic heterocycles. The lowest BCUT2D eigenvalue weighted by atomic mass is 10.2. The molecule has 1 aliphatic carbocycles. The van der Waals surface area contributed by atoms with Crippen LogP contribution in [0.5, 0.6) is 0 Å². The van der Waals surface area contributed by atoms with Gasteiger partial charge >= 0.3 is 0 Å². The zero-order chi connectivity index (χ0) is 8.65. The Kier molecular flexibility index (Phi) is 5.37. The van der Waals surface area contributed by atoms with E-state index in [2.05, 4.69) is 5.32 Å². The van der Waals surface area contributed by atoms with E-state index in [4.69, 9.17) is 5.11 Å². The van der Waals surface area contributed by atoms with E-state index in [0.29, 0.717) is 6.61 Å². The summed E-state index contributed by atoms with van der Waals surface area (Å²) < 4.78 is 0. The van der Waals surface area contributed by atoms with Crippen LogP contribution >= 0.6 is 0 Å². The van der Waals surface area contributed by atoms with Gasteiger partial charge in [0.1, 0.15) is 0 Å². The molecule has 0 aromatic rings. The van der Waals surface area contributed by atoms with Crippen LogP contribution in [0.2, 0.25) is 0 Å². The standard InChI is InChI=1S/C10H21NO/c12-9-3-1-2-7-11-8-6-10-4-5-10/h10-12H,1-9H2. The monoisotopic (exact) mass is 171 g/mol.